The van der Waals surface area contributed by atoms with Gasteiger partial charge in [0.1, 0.15) is 5.82 Å². The summed E-state index contributed by atoms with van der Waals surface area (Å²) in [5.41, 5.74) is 0.890. The topological polar surface area (TPSA) is 64.7 Å². The molecule has 0 aromatic heterocycles. The number of carbonyl (C=O) groups excluding carboxylic acids is 2. The average Bonchev–Trinajstić information content (AvgIpc) is 2.81. The minimum atomic E-state index is -0.524. The van der Waals surface area contributed by atoms with Gasteiger partial charge in [-0.15, -0.1) is 0 Å². The summed E-state index contributed by atoms with van der Waals surface area (Å²) in [4.78, 5) is 30.2. The van der Waals surface area contributed by atoms with E-state index in [1.165, 1.54) is 50.7 Å². The molecule has 1 unspecified atom stereocenters. The molecule has 0 radical (unpaired) electrons. The van der Waals surface area contributed by atoms with Crippen molar-refractivity contribution in [2.45, 2.75) is 75.9 Å². The van der Waals surface area contributed by atoms with Gasteiger partial charge in [0.15, 0.2) is 0 Å². The van der Waals surface area contributed by atoms with Gasteiger partial charge in [0.25, 0.3) is 0 Å². The Bertz CT molecular complexity index is 790. The molecule has 0 spiro atoms. The molecule has 2 aliphatic heterocycles. The molecule has 6 nitrogen and oxygen atoms in total. The Morgan fingerprint density at radius 3 is 2.59 bits per heavy atom. The molecule has 1 saturated carbocycles. The molecule has 2 heterocycles. The number of likely N-dealkylation sites (tertiary alicyclic amines) is 1. The highest BCUT2D eigenvalue weighted by Gasteiger charge is 2.39. The second-order valence-electron chi connectivity index (χ2n) is 9.72. The number of hydrogen-bond acceptors (Lipinski definition) is 4. The molecule has 7 heteroatoms. The monoisotopic (exact) mass is 444 g/mol. The molecule has 2 saturated heterocycles. The van der Waals surface area contributed by atoms with E-state index in [2.05, 4.69) is 15.5 Å². The van der Waals surface area contributed by atoms with E-state index >= 15 is 0 Å². The maximum Gasteiger partial charge on any atom is 0.237 e. The molecular weight excluding hydrogens is 407 g/mol. The second-order valence-corrected chi connectivity index (χ2v) is 9.72. The van der Waals surface area contributed by atoms with E-state index in [4.69, 9.17) is 0 Å². The number of nitrogens with one attached hydrogen (secondary N) is 2. The number of benzene rings is 1. The van der Waals surface area contributed by atoms with Gasteiger partial charge in [0.2, 0.25) is 11.8 Å². The maximum absolute atomic E-state index is 13.6. The van der Waals surface area contributed by atoms with Crippen molar-refractivity contribution in [2.24, 2.45) is 0 Å². The average molecular weight is 445 g/mol. The van der Waals surface area contributed by atoms with E-state index in [-0.39, 0.29) is 29.6 Å². The van der Waals surface area contributed by atoms with Crippen LogP contribution in [0.15, 0.2) is 24.3 Å². The SMILES string of the molecule is O=C(CC1C(=O)NCCN1Cc1cccc(F)c1)NCC1(N2CCCCC2)CCCCC1. The first-order valence-corrected chi connectivity index (χ1v) is 12.3. The van der Waals surface area contributed by atoms with Crippen LogP contribution in [0.1, 0.15) is 63.4 Å². The zero-order valence-corrected chi connectivity index (χ0v) is 19.1. The highest BCUT2D eigenvalue weighted by Crippen LogP contribution is 2.35. The lowest BCUT2D eigenvalue weighted by atomic mass is 9.79. The Kier molecular flexibility index (Phi) is 7.79. The summed E-state index contributed by atoms with van der Waals surface area (Å²) < 4.78 is 13.6. The summed E-state index contributed by atoms with van der Waals surface area (Å²) in [5, 5.41) is 6.09. The number of hydrogen-bond donors (Lipinski definition) is 2. The van der Waals surface area contributed by atoms with Gasteiger partial charge in [0.05, 0.1) is 12.5 Å². The zero-order chi connectivity index (χ0) is 22.4. The number of rotatable bonds is 7. The first-order valence-electron chi connectivity index (χ1n) is 12.3. The van der Waals surface area contributed by atoms with Crippen molar-refractivity contribution in [1.29, 1.82) is 0 Å². The fraction of sp³-hybridized carbons (Fsp3) is 0.680. The van der Waals surface area contributed by atoms with E-state index in [1.807, 2.05) is 11.0 Å². The van der Waals surface area contributed by atoms with Crippen molar-refractivity contribution in [1.82, 2.24) is 20.4 Å². The third-order valence-electron chi connectivity index (χ3n) is 7.52. The molecular formula is C25H37FN4O2. The van der Waals surface area contributed by atoms with Gasteiger partial charge in [-0.3, -0.25) is 19.4 Å². The van der Waals surface area contributed by atoms with Crippen molar-refractivity contribution in [2.75, 3.05) is 32.7 Å². The highest BCUT2D eigenvalue weighted by molar-refractivity contribution is 5.88. The quantitative estimate of drug-likeness (QED) is 0.679. The van der Waals surface area contributed by atoms with Crippen LogP contribution in [0.5, 0.6) is 0 Å². The largest absolute Gasteiger partial charge is 0.354 e. The first-order chi connectivity index (χ1) is 15.6. The van der Waals surface area contributed by atoms with Crippen LogP contribution in [0.25, 0.3) is 0 Å². The summed E-state index contributed by atoms with van der Waals surface area (Å²) in [6.45, 7) is 4.58. The molecule has 32 heavy (non-hydrogen) atoms. The third-order valence-corrected chi connectivity index (χ3v) is 7.52. The molecule has 1 aromatic rings. The fourth-order valence-electron chi connectivity index (χ4n) is 5.74. The lowest BCUT2D eigenvalue weighted by Gasteiger charge is -2.48. The second kappa shape index (κ2) is 10.8. The fourth-order valence-corrected chi connectivity index (χ4v) is 5.74. The van der Waals surface area contributed by atoms with Crippen LogP contribution in [0, 0.1) is 5.82 Å². The molecule has 4 rings (SSSR count). The predicted molar refractivity (Wildman–Crippen MR) is 122 cm³/mol. The van der Waals surface area contributed by atoms with E-state index in [1.54, 1.807) is 6.07 Å². The highest BCUT2D eigenvalue weighted by atomic mass is 19.1. The van der Waals surface area contributed by atoms with E-state index in [0.717, 1.165) is 31.5 Å². The number of amides is 2. The van der Waals surface area contributed by atoms with Gasteiger partial charge in [-0.25, -0.2) is 4.39 Å². The van der Waals surface area contributed by atoms with Crippen LogP contribution >= 0.6 is 0 Å². The van der Waals surface area contributed by atoms with Crippen LogP contribution in [-0.2, 0) is 16.1 Å². The van der Waals surface area contributed by atoms with Crippen LogP contribution in [0.4, 0.5) is 4.39 Å². The molecule has 1 aliphatic carbocycles. The Hall–Kier alpha value is -1.99. The molecule has 2 N–H and O–H groups in total. The van der Waals surface area contributed by atoms with E-state index < -0.39 is 6.04 Å². The lowest BCUT2D eigenvalue weighted by molar-refractivity contribution is -0.134. The van der Waals surface area contributed by atoms with Crippen molar-refractivity contribution in [3.8, 4) is 0 Å². The summed E-state index contributed by atoms with van der Waals surface area (Å²) in [6, 6.07) is 5.93. The van der Waals surface area contributed by atoms with E-state index in [0.29, 0.717) is 26.2 Å². The Morgan fingerprint density at radius 1 is 1.09 bits per heavy atom. The van der Waals surface area contributed by atoms with Gasteiger partial charge < -0.3 is 10.6 Å². The van der Waals surface area contributed by atoms with Crippen LogP contribution in [-0.4, -0.2) is 65.9 Å². The summed E-state index contributed by atoms with van der Waals surface area (Å²) in [7, 11) is 0. The van der Waals surface area contributed by atoms with E-state index in [9.17, 15) is 14.0 Å². The standard InChI is InChI=1S/C25H37FN4O2/c26-21-9-7-8-20(16-21)18-29-15-12-27-24(32)22(29)17-23(31)28-19-25(10-3-1-4-11-25)30-13-5-2-6-14-30/h7-9,16,22H,1-6,10-15,17-19H2,(H,27,32)(H,28,31). The lowest BCUT2D eigenvalue weighted by Crippen LogP contribution is -2.59. The normalized spacial score (nSPS) is 24.7. The Balaban J connectivity index is 1.37. The van der Waals surface area contributed by atoms with Gasteiger partial charge in [-0.2, -0.15) is 0 Å². The van der Waals surface area contributed by atoms with Crippen molar-refractivity contribution >= 4 is 11.8 Å². The number of carbonyl (C=O) groups is 2. The van der Waals surface area contributed by atoms with Gasteiger partial charge >= 0.3 is 0 Å². The van der Waals surface area contributed by atoms with Crippen molar-refractivity contribution < 1.29 is 14.0 Å². The van der Waals surface area contributed by atoms with Crippen LogP contribution in [0.2, 0.25) is 0 Å². The van der Waals surface area contributed by atoms with Gasteiger partial charge in [0, 0.05) is 31.7 Å². The smallest absolute Gasteiger partial charge is 0.237 e. The van der Waals surface area contributed by atoms with Gasteiger partial charge in [-0.1, -0.05) is 37.8 Å². The molecule has 3 fully saturated rings. The van der Waals surface area contributed by atoms with Gasteiger partial charge in [-0.05, 0) is 56.5 Å². The summed E-state index contributed by atoms with van der Waals surface area (Å²) in [6.07, 6.45) is 9.93. The first kappa shape index (κ1) is 23.2. The summed E-state index contributed by atoms with van der Waals surface area (Å²) >= 11 is 0. The number of piperidine rings is 1. The summed E-state index contributed by atoms with van der Waals surface area (Å²) in [5.74, 6) is -0.474. The number of piperazine rings is 1. The molecule has 176 valence electrons. The number of nitrogens with zero attached hydrogens (tertiary/aromatic N) is 2. The number of halogens is 1. The Morgan fingerprint density at radius 2 is 1.84 bits per heavy atom. The minimum absolute atomic E-state index is 0.0711. The van der Waals surface area contributed by atoms with Crippen molar-refractivity contribution in [3.63, 3.8) is 0 Å². The Labute approximate surface area is 190 Å². The predicted octanol–water partition coefficient (Wildman–Crippen LogP) is 2.82. The third kappa shape index (κ3) is 5.67. The maximum atomic E-state index is 13.6. The van der Waals surface area contributed by atoms with Crippen molar-refractivity contribution in [3.05, 3.63) is 35.6 Å². The van der Waals surface area contributed by atoms with Crippen LogP contribution in [0.3, 0.4) is 0 Å². The minimum Gasteiger partial charge on any atom is -0.354 e. The zero-order valence-electron chi connectivity index (χ0n) is 19.1. The molecule has 2 amide bonds. The molecule has 0 bridgehead atoms. The van der Waals surface area contributed by atoms with Crippen LogP contribution < -0.4 is 10.6 Å². The molecule has 3 aliphatic rings. The molecule has 1 aromatic carbocycles. The molecule has 1 atom stereocenters.